The van der Waals surface area contributed by atoms with Gasteiger partial charge in [0.05, 0.1) is 12.0 Å². The molecule has 6 heteroatoms. The number of hydrogen-bond donors (Lipinski definition) is 2. The summed E-state index contributed by atoms with van der Waals surface area (Å²) in [6, 6.07) is 4.41. The number of nitrogens with one attached hydrogen (secondary N) is 2. The van der Waals surface area contributed by atoms with Crippen LogP contribution in [0, 0.1) is 11.7 Å². The zero-order valence-corrected chi connectivity index (χ0v) is 12.2. The third kappa shape index (κ3) is 5.81. The molecule has 2 atom stereocenters. The van der Waals surface area contributed by atoms with Crippen LogP contribution in [-0.2, 0) is 11.2 Å². The van der Waals surface area contributed by atoms with Gasteiger partial charge in [-0.05, 0) is 30.0 Å². The third-order valence-corrected chi connectivity index (χ3v) is 3.37. The highest BCUT2D eigenvalue weighted by atomic mass is 19.1. The van der Waals surface area contributed by atoms with Gasteiger partial charge in [0, 0.05) is 6.54 Å². The second-order valence-electron chi connectivity index (χ2n) is 4.96. The van der Waals surface area contributed by atoms with Crippen LogP contribution in [0.15, 0.2) is 24.3 Å². The number of urea groups is 1. The predicted octanol–water partition coefficient (Wildman–Crippen LogP) is 0.832. The molecule has 1 aromatic carbocycles. The minimum Gasteiger partial charge on any atom is -0.548 e. The molecule has 0 saturated heterocycles. The first kappa shape index (κ1) is 16.9. The lowest BCUT2D eigenvalue weighted by Crippen LogP contribution is -2.54. The molecule has 0 aliphatic carbocycles. The summed E-state index contributed by atoms with van der Waals surface area (Å²) in [6.07, 6.45) is 1.15. The molecule has 1 rings (SSSR count). The van der Waals surface area contributed by atoms with E-state index < -0.39 is 18.0 Å². The van der Waals surface area contributed by atoms with E-state index in [-0.39, 0.29) is 11.7 Å². The number of carboxylic acid groups (broad SMARTS) is 1. The molecule has 0 heterocycles. The van der Waals surface area contributed by atoms with Crippen molar-refractivity contribution in [3.63, 3.8) is 0 Å². The van der Waals surface area contributed by atoms with Gasteiger partial charge in [0.25, 0.3) is 0 Å². The van der Waals surface area contributed by atoms with Crippen LogP contribution in [0.1, 0.15) is 25.8 Å². The second-order valence-corrected chi connectivity index (χ2v) is 4.96. The number of hydrogen-bond acceptors (Lipinski definition) is 3. The minimum atomic E-state index is -1.29. The molecule has 0 bridgehead atoms. The third-order valence-electron chi connectivity index (χ3n) is 3.37. The Morgan fingerprint density at radius 1 is 1.29 bits per heavy atom. The highest BCUT2D eigenvalue weighted by Crippen LogP contribution is 2.07. The van der Waals surface area contributed by atoms with E-state index in [4.69, 9.17) is 0 Å². The Balaban J connectivity index is 2.39. The Bertz CT molecular complexity index is 476. The van der Waals surface area contributed by atoms with Crippen LogP contribution in [0.5, 0.6) is 0 Å². The molecule has 1 aromatic rings. The number of halogens is 1. The smallest absolute Gasteiger partial charge is 0.315 e. The highest BCUT2D eigenvalue weighted by Gasteiger charge is 2.18. The zero-order chi connectivity index (χ0) is 15.8. The van der Waals surface area contributed by atoms with Crippen LogP contribution in [-0.4, -0.2) is 24.6 Å². The predicted molar refractivity (Wildman–Crippen MR) is 74.9 cm³/mol. The molecule has 0 fully saturated rings. The SMILES string of the molecule is CC[C@@H](C)[C@H](NC(=O)NCCc1ccc(F)cc1)C(=O)[O-]. The molecule has 116 valence electrons. The van der Waals surface area contributed by atoms with Crippen molar-refractivity contribution in [2.75, 3.05) is 6.54 Å². The molecule has 0 unspecified atom stereocenters. The van der Waals surface area contributed by atoms with E-state index in [1.165, 1.54) is 12.1 Å². The summed E-state index contributed by atoms with van der Waals surface area (Å²) < 4.78 is 12.7. The van der Waals surface area contributed by atoms with Gasteiger partial charge in [0.15, 0.2) is 0 Å². The van der Waals surface area contributed by atoms with Crippen molar-refractivity contribution in [2.24, 2.45) is 5.92 Å². The standard InChI is InChI=1S/C15H21FN2O3/c1-3-10(2)13(14(19)20)18-15(21)17-9-8-11-4-6-12(16)7-5-11/h4-7,10,13H,3,8-9H2,1-2H3,(H,19,20)(H2,17,18,21)/p-1/t10-,13+/m1/s1. The van der Waals surface area contributed by atoms with Crippen molar-refractivity contribution in [3.8, 4) is 0 Å². The summed E-state index contributed by atoms with van der Waals surface area (Å²) in [7, 11) is 0. The summed E-state index contributed by atoms with van der Waals surface area (Å²) >= 11 is 0. The van der Waals surface area contributed by atoms with Gasteiger partial charge in [-0.3, -0.25) is 0 Å². The van der Waals surface area contributed by atoms with Crippen molar-refractivity contribution in [1.29, 1.82) is 0 Å². The largest absolute Gasteiger partial charge is 0.548 e. The van der Waals surface area contributed by atoms with Crippen molar-refractivity contribution in [3.05, 3.63) is 35.6 Å². The van der Waals surface area contributed by atoms with Crippen molar-refractivity contribution >= 4 is 12.0 Å². The van der Waals surface area contributed by atoms with Crippen LogP contribution in [0.2, 0.25) is 0 Å². The van der Waals surface area contributed by atoms with Crippen molar-refractivity contribution in [2.45, 2.75) is 32.7 Å². The molecule has 0 aliphatic rings. The molecule has 0 aliphatic heterocycles. The zero-order valence-electron chi connectivity index (χ0n) is 12.2. The summed E-state index contributed by atoms with van der Waals surface area (Å²) in [5.41, 5.74) is 0.884. The van der Waals surface area contributed by atoms with E-state index >= 15 is 0 Å². The van der Waals surface area contributed by atoms with E-state index in [1.54, 1.807) is 19.1 Å². The fraction of sp³-hybridized carbons (Fsp3) is 0.467. The van der Waals surface area contributed by atoms with Gasteiger partial charge >= 0.3 is 6.03 Å². The summed E-state index contributed by atoms with van der Waals surface area (Å²) in [5, 5.41) is 15.9. The van der Waals surface area contributed by atoms with Crippen molar-refractivity contribution in [1.82, 2.24) is 10.6 Å². The van der Waals surface area contributed by atoms with Crippen molar-refractivity contribution < 1.29 is 19.1 Å². The number of carbonyl (C=O) groups is 2. The Labute approximate surface area is 123 Å². The quantitative estimate of drug-likeness (QED) is 0.782. The molecule has 0 spiro atoms. The number of carboxylic acids is 1. The van der Waals surface area contributed by atoms with E-state index in [1.807, 2.05) is 6.92 Å². The fourth-order valence-electron chi connectivity index (χ4n) is 1.83. The van der Waals surface area contributed by atoms with Gasteiger partial charge in [-0.1, -0.05) is 32.4 Å². The number of carbonyl (C=O) groups excluding carboxylic acids is 2. The average molecular weight is 295 g/mol. The van der Waals surface area contributed by atoms with E-state index in [0.29, 0.717) is 19.4 Å². The van der Waals surface area contributed by atoms with E-state index in [0.717, 1.165) is 5.56 Å². The van der Waals surface area contributed by atoms with Crippen LogP contribution >= 0.6 is 0 Å². The Hall–Kier alpha value is -2.11. The van der Waals surface area contributed by atoms with E-state index in [2.05, 4.69) is 10.6 Å². The molecule has 0 aromatic heterocycles. The molecular weight excluding hydrogens is 275 g/mol. The maximum absolute atomic E-state index is 12.7. The lowest BCUT2D eigenvalue weighted by Gasteiger charge is -2.25. The maximum atomic E-state index is 12.7. The van der Waals surface area contributed by atoms with Crippen LogP contribution in [0.3, 0.4) is 0 Å². The van der Waals surface area contributed by atoms with Gasteiger partial charge in [0.2, 0.25) is 0 Å². The van der Waals surface area contributed by atoms with Gasteiger partial charge < -0.3 is 20.5 Å². The minimum absolute atomic E-state index is 0.210. The number of benzene rings is 1. The van der Waals surface area contributed by atoms with Gasteiger partial charge in [-0.2, -0.15) is 0 Å². The Morgan fingerprint density at radius 2 is 1.90 bits per heavy atom. The molecule has 5 nitrogen and oxygen atoms in total. The number of rotatable bonds is 7. The van der Waals surface area contributed by atoms with Crippen LogP contribution < -0.4 is 15.7 Å². The lowest BCUT2D eigenvalue weighted by molar-refractivity contribution is -0.309. The normalized spacial score (nSPS) is 13.3. The second kappa shape index (κ2) is 8.24. The van der Waals surface area contributed by atoms with Crippen LogP contribution in [0.25, 0.3) is 0 Å². The highest BCUT2D eigenvalue weighted by molar-refractivity contribution is 5.81. The van der Waals surface area contributed by atoms with E-state index in [9.17, 15) is 19.1 Å². The molecule has 2 N–H and O–H groups in total. The lowest BCUT2D eigenvalue weighted by atomic mass is 9.99. The first-order valence-electron chi connectivity index (χ1n) is 6.93. The Kier molecular flexibility index (Phi) is 6.65. The summed E-state index contributed by atoms with van der Waals surface area (Å²) in [6.45, 7) is 3.91. The topological polar surface area (TPSA) is 81.3 Å². The summed E-state index contributed by atoms with van der Waals surface area (Å²) in [5.74, 6) is -1.81. The molecule has 0 radical (unpaired) electrons. The van der Waals surface area contributed by atoms with Gasteiger partial charge in [0.1, 0.15) is 5.82 Å². The Morgan fingerprint density at radius 3 is 2.43 bits per heavy atom. The molecule has 0 saturated carbocycles. The fourth-order valence-corrected chi connectivity index (χ4v) is 1.83. The maximum Gasteiger partial charge on any atom is 0.315 e. The molecule has 2 amide bonds. The van der Waals surface area contributed by atoms with Gasteiger partial charge in [-0.25, -0.2) is 9.18 Å². The monoisotopic (exact) mass is 295 g/mol. The van der Waals surface area contributed by atoms with Gasteiger partial charge in [-0.15, -0.1) is 0 Å². The first-order valence-corrected chi connectivity index (χ1v) is 6.93. The average Bonchev–Trinajstić information content (AvgIpc) is 2.45. The first-order chi connectivity index (χ1) is 9.93. The molecular formula is C15H20FN2O3-. The van der Waals surface area contributed by atoms with Crippen LogP contribution in [0.4, 0.5) is 9.18 Å². The molecule has 21 heavy (non-hydrogen) atoms. The number of aliphatic carboxylic acids is 1. The summed E-state index contributed by atoms with van der Waals surface area (Å²) in [4.78, 5) is 22.6. The number of amides is 2.